The number of rotatable bonds is 7. The number of methoxy groups -OCH3 is 2. The van der Waals surface area contributed by atoms with Gasteiger partial charge in [0.15, 0.2) is 11.5 Å². The van der Waals surface area contributed by atoms with Gasteiger partial charge in [0.05, 0.1) is 26.1 Å². The SMILES string of the molecule is COc1ccc(CCN2C(=O)C3C(CC(N)=O)NC4(C(=O)Nc5ccc(C)cc54)C3C2=O)cc1OC. The number of hydrogen-bond donors (Lipinski definition) is 3. The van der Waals surface area contributed by atoms with Crippen LogP contribution in [-0.2, 0) is 31.1 Å². The van der Waals surface area contributed by atoms with Crippen molar-refractivity contribution in [1.82, 2.24) is 10.2 Å². The van der Waals surface area contributed by atoms with E-state index in [1.54, 1.807) is 25.3 Å². The van der Waals surface area contributed by atoms with Gasteiger partial charge >= 0.3 is 0 Å². The topological polar surface area (TPSA) is 140 Å². The number of amides is 4. The number of imide groups is 1. The van der Waals surface area contributed by atoms with Crippen LogP contribution in [0.1, 0.15) is 23.1 Å². The van der Waals surface area contributed by atoms with E-state index in [1.807, 2.05) is 25.1 Å². The van der Waals surface area contributed by atoms with Crippen LogP contribution in [0.25, 0.3) is 0 Å². The highest BCUT2D eigenvalue weighted by Gasteiger charge is 2.70. The largest absolute Gasteiger partial charge is 0.493 e. The molecule has 3 aliphatic heterocycles. The van der Waals surface area contributed by atoms with Crippen molar-refractivity contribution >= 4 is 29.3 Å². The molecule has 2 fully saturated rings. The number of nitrogens with one attached hydrogen (secondary N) is 2. The molecule has 4 N–H and O–H groups in total. The van der Waals surface area contributed by atoms with Gasteiger partial charge in [-0.15, -0.1) is 0 Å². The maximum absolute atomic E-state index is 13.8. The molecule has 188 valence electrons. The fourth-order valence-corrected chi connectivity index (χ4v) is 5.86. The van der Waals surface area contributed by atoms with E-state index >= 15 is 0 Å². The third kappa shape index (κ3) is 3.43. The molecule has 5 rings (SSSR count). The molecule has 0 aliphatic carbocycles. The van der Waals surface area contributed by atoms with Crippen molar-refractivity contribution in [3.63, 3.8) is 0 Å². The lowest BCUT2D eigenvalue weighted by molar-refractivity contribution is -0.142. The summed E-state index contributed by atoms with van der Waals surface area (Å²) in [5.74, 6) is -2.61. The lowest BCUT2D eigenvalue weighted by Gasteiger charge is -2.29. The monoisotopic (exact) mass is 492 g/mol. The number of carbonyl (C=O) groups excluding carboxylic acids is 4. The normalized spacial score (nSPS) is 26.2. The van der Waals surface area contributed by atoms with Crippen LogP contribution in [0.2, 0.25) is 0 Å². The van der Waals surface area contributed by atoms with Gasteiger partial charge in [-0.1, -0.05) is 23.8 Å². The molecule has 36 heavy (non-hydrogen) atoms. The van der Waals surface area contributed by atoms with Crippen molar-refractivity contribution in [1.29, 1.82) is 0 Å². The molecule has 0 bridgehead atoms. The number of likely N-dealkylation sites (tertiary alicyclic amines) is 1. The minimum atomic E-state index is -1.45. The van der Waals surface area contributed by atoms with Crippen LogP contribution in [0.3, 0.4) is 0 Å². The molecule has 3 heterocycles. The zero-order chi connectivity index (χ0) is 25.8. The molecular weight excluding hydrogens is 464 g/mol. The quantitative estimate of drug-likeness (QED) is 0.487. The van der Waals surface area contributed by atoms with E-state index in [-0.39, 0.29) is 13.0 Å². The van der Waals surface area contributed by atoms with Gasteiger partial charge in [0.25, 0.3) is 0 Å². The summed E-state index contributed by atoms with van der Waals surface area (Å²) in [6.07, 6.45) is 0.222. The van der Waals surface area contributed by atoms with Gasteiger partial charge in [0.1, 0.15) is 5.54 Å². The van der Waals surface area contributed by atoms with Crippen molar-refractivity contribution in [2.24, 2.45) is 17.6 Å². The van der Waals surface area contributed by atoms with Crippen molar-refractivity contribution in [3.05, 3.63) is 53.1 Å². The highest BCUT2D eigenvalue weighted by molar-refractivity contribution is 6.15. The Morgan fingerprint density at radius 3 is 2.50 bits per heavy atom. The van der Waals surface area contributed by atoms with Gasteiger partial charge in [-0.05, 0) is 37.1 Å². The molecule has 4 amide bonds. The van der Waals surface area contributed by atoms with Crippen molar-refractivity contribution in [3.8, 4) is 11.5 Å². The Labute approximate surface area is 208 Å². The maximum Gasteiger partial charge on any atom is 0.250 e. The Morgan fingerprint density at radius 1 is 1.06 bits per heavy atom. The zero-order valence-corrected chi connectivity index (χ0v) is 20.3. The maximum atomic E-state index is 13.8. The first-order valence-corrected chi connectivity index (χ1v) is 11.8. The van der Waals surface area contributed by atoms with E-state index in [2.05, 4.69) is 10.6 Å². The fraction of sp³-hybridized carbons (Fsp3) is 0.385. The summed E-state index contributed by atoms with van der Waals surface area (Å²) in [6, 6.07) is 10.2. The van der Waals surface area contributed by atoms with E-state index in [1.165, 1.54) is 12.0 Å². The first-order chi connectivity index (χ1) is 17.2. The number of nitrogens with two attached hydrogens (primary N) is 1. The molecule has 4 atom stereocenters. The summed E-state index contributed by atoms with van der Waals surface area (Å²) in [5, 5.41) is 6.05. The van der Waals surface area contributed by atoms with Gasteiger partial charge in [-0.25, -0.2) is 0 Å². The van der Waals surface area contributed by atoms with Crippen LogP contribution in [0.5, 0.6) is 11.5 Å². The van der Waals surface area contributed by atoms with E-state index in [4.69, 9.17) is 15.2 Å². The number of ether oxygens (including phenoxy) is 2. The molecule has 2 saturated heterocycles. The number of fused-ring (bicyclic) bond motifs is 4. The van der Waals surface area contributed by atoms with E-state index in [0.717, 1.165) is 11.1 Å². The second-order valence-corrected chi connectivity index (χ2v) is 9.50. The highest BCUT2D eigenvalue weighted by Crippen LogP contribution is 2.53. The molecule has 2 aromatic carbocycles. The fourth-order valence-electron chi connectivity index (χ4n) is 5.86. The predicted molar refractivity (Wildman–Crippen MR) is 129 cm³/mol. The molecule has 0 radical (unpaired) electrons. The predicted octanol–water partition coefficient (Wildman–Crippen LogP) is 0.851. The van der Waals surface area contributed by atoms with Crippen LogP contribution in [-0.4, -0.2) is 55.3 Å². The number of aryl methyl sites for hydroxylation is 1. The summed E-state index contributed by atoms with van der Waals surface area (Å²) in [7, 11) is 3.08. The van der Waals surface area contributed by atoms with Gasteiger partial charge in [-0.2, -0.15) is 0 Å². The molecule has 2 aromatic rings. The Hall–Kier alpha value is -3.92. The summed E-state index contributed by atoms with van der Waals surface area (Å²) in [5.41, 5.74) is 6.99. The molecule has 0 saturated carbocycles. The Bertz CT molecular complexity index is 1290. The lowest BCUT2D eigenvalue weighted by atomic mass is 9.76. The summed E-state index contributed by atoms with van der Waals surface area (Å²) in [4.78, 5) is 53.9. The van der Waals surface area contributed by atoms with E-state index < -0.39 is 47.0 Å². The van der Waals surface area contributed by atoms with E-state index in [0.29, 0.717) is 29.2 Å². The molecule has 10 heteroatoms. The van der Waals surface area contributed by atoms with Gasteiger partial charge in [0, 0.05) is 30.3 Å². The smallest absolute Gasteiger partial charge is 0.250 e. The number of benzene rings is 2. The van der Waals surface area contributed by atoms with Crippen LogP contribution >= 0.6 is 0 Å². The molecule has 0 aromatic heterocycles. The number of nitrogens with zero attached hydrogens (tertiary/aromatic N) is 1. The van der Waals surface area contributed by atoms with Crippen LogP contribution in [0.4, 0.5) is 5.69 Å². The summed E-state index contributed by atoms with van der Waals surface area (Å²) in [6.45, 7) is 2.02. The minimum Gasteiger partial charge on any atom is -0.493 e. The molecule has 3 aliphatic rings. The van der Waals surface area contributed by atoms with Crippen LogP contribution in [0, 0.1) is 18.8 Å². The first kappa shape index (κ1) is 23.8. The van der Waals surface area contributed by atoms with Crippen LogP contribution < -0.4 is 25.8 Å². The molecule has 4 unspecified atom stereocenters. The van der Waals surface area contributed by atoms with Crippen molar-refractivity contribution in [2.75, 3.05) is 26.1 Å². The highest BCUT2D eigenvalue weighted by atomic mass is 16.5. The third-order valence-electron chi connectivity index (χ3n) is 7.45. The molecular formula is C26H28N4O6. The summed E-state index contributed by atoms with van der Waals surface area (Å²) < 4.78 is 10.6. The number of hydrogen-bond acceptors (Lipinski definition) is 7. The van der Waals surface area contributed by atoms with Gasteiger partial charge in [0.2, 0.25) is 23.6 Å². The number of anilines is 1. The standard InChI is InChI=1S/C26H28N4O6/c1-13-4-6-16-15(10-13)26(25(34)28-16)22-21(17(29-26)12-20(27)31)23(32)30(24(22)33)9-8-14-5-7-18(35-2)19(11-14)36-3/h4-7,10-11,17,21-22,29H,8-9,12H2,1-3H3,(H2,27,31)(H,28,34). The zero-order valence-electron chi connectivity index (χ0n) is 20.3. The second kappa shape index (κ2) is 8.63. The number of carbonyl (C=O) groups is 4. The van der Waals surface area contributed by atoms with Crippen molar-refractivity contribution in [2.45, 2.75) is 31.3 Å². The average Bonchev–Trinajstić information content (AvgIpc) is 3.41. The first-order valence-electron chi connectivity index (χ1n) is 11.8. The Balaban J connectivity index is 1.49. The minimum absolute atomic E-state index is 0.127. The lowest BCUT2D eigenvalue weighted by Crippen LogP contribution is -2.53. The summed E-state index contributed by atoms with van der Waals surface area (Å²) >= 11 is 0. The average molecular weight is 493 g/mol. The third-order valence-corrected chi connectivity index (χ3v) is 7.45. The second-order valence-electron chi connectivity index (χ2n) is 9.50. The Morgan fingerprint density at radius 2 is 1.81 bits per heavy atom. The van der Waals surface area contributed by atoms with Gasteiger partial charge in [-0.3, -0.25) is 29.4 Å². The molecule has 1 spiro atoms. The van der Waals surface area contributed by atoms with Crippen molar-refractivity contribution < 1.29 is 28.7 Å². The van der Waals surface area contributed by atoms with Gasteiger partial charge < -0.3 is 20.5 Å². The van der Waals surface area contributed by atoms with Crippen LogP contribution in [0.15, 0.2) is 36.4 Å². The van der Waals surface area contributed by atoms with E-state index in [9.17, 15) is 19.2 Å². The molecule has 10 nitrogen and oxygen atoms in total. The number of primary amides is 1. The Kier molecular flexibility index (Phi) is 5.71.